The maximum absolute atomic E-state index is 10.4. The minimum atomic E-state index is -0.793. The number of quaternary nitrogens is 1. The third kappa shape index (κ3) is 2.16. The molecule has 0 saturated carbocycles. The Morgan fingerprint density at radius 2 is 1.60 bits per heavy atom. The first-order valence-corrected chi connectivity index (χ1v) is 6.76. The van der Waals surface area contributed by atoms with Crippen molar-refractivity contribution in [1.82, 2.24) is 0 Å². The standard InChI is InChI=1S/C15H24NO4/c1-9-14(17)15(18)13(16(9,2)3)10-6-7-11(19-4)12(8-10)20-5/h6-9,13-15,17-18H,1-5H3/q+1/t9-,13+,14-,15-/m1/s1. The summed E-state index contributed by atoms with van der Waals surface area (Å²) in [4.78, 5) is 0. The van der Waals surface area contributed by atoms with Gasteiger partial charge in [0, 0.05) is 5.56 Å². The fourth-order valence-corrected chi connectivity index (χ4v) is 3.13. The van der Waals surface area contributed by atoms with Crippen LogP contribution in [-0.2, 0) is 0 Å². The molecule has 0 spiro atoms. The fourth-order valence-electron chi connectivity index (χ4n) is 3.13. The quantitative estimate of drug-likeness (QED) is 0.810. The molecule has 0 radical (unpaired) electrons. The van der Waals surface area contributed by atoms with Crippen LogP contribution in [0.3, 0.4) is 0 Å². The monoisotopic (exact) mass is 282 g/mol. The van der Waals surface area contributed by atoms with E-state index in [0.717, 1.165) is 5.56 Å². The van der Waals surface area contributed by atoms with Gasteiger partial charge in [-0.25, -0.2) is 0 Å². The molecule has 0 bridgehead atoms. The second-order valence-corrected chi connectivity index (χ2v) is 5.91. The lowest BCUT2D eigenvalue weighted by molar-refractivity contribution is -0.931. The lowest BCUT2D eigenvalue weighted by Gasteiger charge is -2.36. The van der Waals surface area contributed by atoms with Crippen LogP contribution in [0.1, 0.15) is 18.5 Å². The number of likely N-dealkylation sites (N-methyl/N-ethyl adjacent to an activating group) is 1. The Kier molecular flexibility index (Phi) is 3.95. The van der Waals surface area contributed by atoms with Crippen molar-refractivity contribution in [2.75, 3.05) is 28.3 Å². The van der Waals surface area contributed by atoms with Crippen molar-refractivity contribution in [2.45, 2.75) is 31.2 Å². The van der Waals surface area contributed by atoms with Crippen molar-refractivity contribution < 1.29 is 24.2 Å². The summed E-state index contributed by atoms with van der Waals surface area (Å²) in [5, 5.41) is 20.5. The normalized spacial score (nSPS) is 32.1. The van der Waals surface area contributed by atoms with Gasteiger partial charge >= 0.3 is 0 Å². The Hall–Kier alpha value is -1.30. The number of rotatable bonds is 3. The van der Waals surface area contributed by atoms with Crippen molar-refractivity contribution in [3.05, 3.63) is 23.8 Å². The number of hydrogen-bond donors (Lipinski definition) is 2. The van der Waals surface area contributed by atoms with E-state index in [9.17, 15) is 10.2 Å². The van der Waals surface area contributed by atoms with Crippen LogP contribution in [0.15, 0.2) is 18.2 Å². The van der Waals surface area contributed by atoms with Crippen LogP contribution in [0, 0.1) is 0 Å². The molecule has 0 aliphatic carbocycles. The van der Waals surface area contributed by atoms with Gasteiger partial charge in [-0.05, 0) is 25.1 Å². The zero-order valence-electron chi connectivity index (χ0n) is 12.7. The Labute approximate surface area is 119 Å². The van der Waals surface area contributed by atoms with Gasteiger partial charge < -0.3 is 24.2 Å². The number of aliphatic hydroxyl groups is 2. The Morgan fingerprint density at radius 3 is 2.05 bits per heavy atom. The lowest BCUT2D eigenvalue weighted by Crippen LogP contribution is -2.46. The molecular weight excluding hydrogens is 258 g/mol. The maximum atomic E-state index is 10.4. The van der Waals surface area contributed by atoms with Gasteiger partial charge in [0.25, 0.3) is 0 Å². The van der Waals surface area contributed by atoms with Crippen LogP contribution in [0.25, 0.3) is 0 Å². The molecule has 112 valence electrons. The molecule has 1 aromatic carbocycles. The number of benzene rings is 1. The summed E-state index contributed by atoms with van der Waals surface area (Å²) in [7, 11) is 7.22. The van der Waals surface area contributed by atoms with E-state index in [1.165, 1.54) is 0 Å². The summed E-state index contributed by atoms with van der Waals surface area (Å²) in [6, 6.07) is 5.39. The van der Waals surface area contributed by atoms with Crippen molar-refractivity contribution in [2.24, 2.45) is 0 Å². The zero-order chi connectivity index (χ0) is 15.1. The van der Waals surface area contributed by atoms with Gasteiger partial charge in [0.2, 0.25) is 0 Å². The third-order valence-corrected chi connectivity index (χ3v) is 4.68. The predicted octanol–water partition coefficient (Wildman–Crippen LogP) is 0.945. The molecule has 0 aromatic heterocycles. The van der Waals surface area contributed by atoms with E-state index >= 15 is 0 Å². The average molecular weight is 282 g/mol. The molecule has 5 heteroatoms. The molecule has 2 rings (SSSR count). The molecule has 0 amide bonds. The van der Waals surface area contributed by atoms with E-state index in [1.807, 2.05) is 39.2 Å². The van der Waals surface area contributed by atoms with Gasteiger partial charge in [-0.1, -0.05) is 0 Å². The maximum Gasteiger partial charge on any atom is 0.161 e. The smallest absolute Gasteiger partial charge is 0.161 e. The summed E-state index contributed by atoms with van der Waals surface area (Å²) in [6.07, 6.45) is -1.53. The molecule has 1 aromatic rings. The fraction of sp³-hybridized carbons (Fsp3) is 0.600. The highest BCUT2D eigenvalue weighted by Crippen LogP contribution is 2.42. The lowest BCUT2D eigenvalue weighted by atomic mass is 10.00. The Morgan fingerprint density at radius 1 is 1.00 bits per heavy atom. The highest BCUT2D eigenvalue weighted by molar-refractivity contribution is 5.44. The second-order valence-electron chi connectivity index (χ2n) is 5.91. The van der Waals surface area contributed by atoms with Crippen LogP contribution >= 0.6 is 0 Å². The van der Waals surface area contributed by atoms with Gasteiger partial charge in [-0.2, -0.15) is 0 Å². The molecule has 4 atom stereocenters. The van der Waals surface area contributed by atoms with Crippen LogP contribution in [0.2, 0.25) is 0 Å². The molecule has 0 unspecified atom stereocenters. The van der Waals surface area contributed by atoms with E-state index in [2.05, 4.69) is 0 Å². The number of aliphatic hydroxyl groups excluding tert-OH is 2. The van der Waals surface area contributed by atoms with Crippen LogP contribution in [0.5, 0.6) is 11.5 Å². The summed E-state index contributed by atoms with van der Waals surface area (Å²) < 4.78 is 11.1. The first kappa shape index (κ1) is 15.1. The van der Waals surface area contributed by atoms with Gasteiger partial charge in [-0.3, -0.25) is 0 Å². The third-order valence-electron chi connectivity index (χ3n) is 4.68. The first-order valence-electron chi connectivity index (χ1n) is 6.76. The van der Waals surface area contributed by atoms with Gasteiger partial charge in [0.05, 0.1) is 28.3 Å². The molecule has 1 aliphatic rings. The first-order chi connectivity index (χ1) is 9.34. The summed E-state index contributed by atoms with van der Waals surface area (Å²) in [6.45, 7) is 1.95. The number of methoxy groups -OCH3 is 2. The van der Waals surface area contributed by atoms with E-state index < -0.39 is 12.2 Å². The predicted molar refractivity (Wildman–Crippen MR) is 75.9 cm³/mol. The second kappa shape index (κ2) is 5.24. The summed E-state index contributed by atoms with van der Waals surface area (Å²) in [5.74, 6) is 1.29. The number of hydrogen-bond acceptors (Lipinski definition) is 4. The molecule has 1 aliphatic heterocycles. The van der Waals surface area contributed by atoms with E-state index in [0.29, 0.717) is 16.0 Å². The summed E-state index contributed by atoms with van der Waals surface area (Å²) >= 11 is 0. The Bertz CT molecular complexity index is 489. The largest absolute Gasteiger partial charge is 0.493 e. The van der Waals surface area contributed by atoms with Gasteiger partial charge in [0.15, 0.2) is 11.5 Å². The minimum Gasteiger partial charge on any atom is -0.493 e. The topological polar surface area (TPSA) is 58.9 Å². The highest BCUT2D eigenvalue weighted by atomic mass is 16.5. The van der Waals surface area contributed by atoms with Crippen LogP contribution in [-0.4, -0.2) is 61.3 Å². The SMILES string of the molecule is COc1ccc([C@H]2[C@@H](O)[C@H](O)[C@@H](C)[N+]2(C)C)cc1OC. The molecule has 1 fully saturated rings. The molecule has 1 heterocycles. The molecule has 20 heavy (non-hydrogen) atoms. The number of nitrogens with zero attached hydrogens (tertiary/aromatic N) is 1. The van der Waals surface area contributed by atoms with Crippen molar-refractivity contribution in [3.8, 4) is 11.5 Å². The van der Waals surface area contributed by atoms with Crippen molar-refractivity contribution in [3.63, 3.8) is 0 Å². The van der Waals surface area contributed by atoms with Crippen molar-refractivity contribution >= 4 is 0 Å². The molecular formula is C15H24NO4+. The van der Waals surface area contributed by atoms with E-state index in [1.54, 1.807) is 14.2 Å². The molecule has 2 N–H and O–H groups in total. The average Bonchev–Trinajstić information content (AvgIpc) is 2.58. The van der Waals surface area contributed by atoms with E-state index in [-0.39, 0.29) is 12.1 Å². The molecule has 1 saturated heterocycles. The van der Waals surface area contributed by atoms with Gasteiger partial charge in [-0.15, -0.1) is 0 Å². The summed E-state index contributed by atoms with van der Waals surface area (Å²) in [5.41, 5.74) is 0.934. The number of ether oxygens (including phenoxy) is 2. The van der Waals surface area contributed by atoms with Crippen molar-refractivity contribution in [1.29, 1.82) is 0 Å². The van der Waals surface area contributed by atoms with Crippen LogP contribution < -0.4 is 9.47 Å². The Balaban J connectivity index is 2.45. The van der Waals surface area contributed by atoms with Gasteiger partial charge in [0.1, 0.15) is 24.3 Å². The van der Waals surface area contributed by atoms with E-state index in [4.69, 9.17) is 9.47 Å². The minimum absolute atomic E-state index is 0.0388. The van der Waals surface area contributed by atoms with Crippen LogP contribution in [0.4, 0.5) is 0 Å². The molecule has 5 nitrogen and oxygen atoms in total. The zero-order valence-corrected chi connectivity index (χ0v) is 12.7. The number of likely N-dealkylation sites (tertiary alicyclic amines) is 1. The highest BCUT2D eigenvalue weighted by Gasteiger charge is 2.54.